The summed E-state index contributed by atoms with van der Waals surface area (Å²) < 4.78 is 68.5. The second kappa shape index (κ2) is 66.6. The van der Waals surface area contributed by atoms with Crippen molar-refractivity contribution >= 4 is 39.5 Å². The number of phosphoric ester groups is 2. The molecule has 0 aromatic rings. The van der Waals surface area contributed by atoms with Crippen LogP contribution in [0, 0.1) is 17.8 Å². The Hall–Kier alpha value is -1.94. The van der Waals surface area contributed by atoms with E-state index >= 15 is 0 Å². The minimum absolute atomic E-state index is 0.103. The summed E-state index contributed by atoms with van der Waals surface area (Å²) in [5, 5.41) is 10.6. The van der Waals surface area contributed by atoms with Crippen LogP contribution in [-0.4, -0.2) is 96.7 Å². The zero-order chi connectivity index (χ0) is 70.1. The molecule has 0 amide bonds. The van der Waals surface area contributed by atoms with E-state index in [-0.39, 0.29) is 25.7 Å². The molecule has 0 saturated carbocycles. The Kier molecular flexibility index (Phi) is 65.2. The third-order valence-electron chi connectivity index (χ3n) is 18.0. The number of rotatable bonds is 74. The standard InChI is InChI=1S/C76H148O17P2/c1-8-10-11-12-13-14-15-16-17-21-24-27-30-35-43-50-57-73(78)86-63-71(92-75(80)59-52-45-36-31-28-25-22-19-18-20-23-26-29-33-40-47-54-67(3)4)65-90-94(82,83)88-61-70(77)62-89-95(84,85)91-66-72(93-76(81)60-53-46-37-32-34-41-48-55-68(5)6)64-87-74(79)58-51-44-39-38-42-49-56-69(7)9-2/h67-72,77H,8-66H2,1-7H3,(H,82,83)(H,84,85)/t69?,70-,71-,72-/m1/s1. The van der Waals surface area contributed by atoms with Gasteiger partial charge in [-0.25, -0.2) is 9.13 Å². The summed E-state index contributed by atoms with van der Waals surface area (Å²) in [6, 6.07) is 0. The second-order valence-electron chi connectivity index (χ2n) is 28.6. The van der Waals surface area contributed by atoms with Gasteiger partial charge < -0.3 is 33.8 Å². The monoisotopic (exact) mass is 1400 g/mol. The molecule has 0 fully saturated rings. The molecule has 95 heavy (non-hydrogen) atoms. The van der Waals surface area contributed by atoms with Gasteiger partial charge in [-0.2, -0.15) is 0 Å². The summed E-state index contributed by atoms with van der Waals surface area (Å²) in [5.41, 5.74) is 0. The maximum Gasteiger partial charge on any atom is 0.472 e. The maximum atomic E-state index is 13.1. The van der Waals surface area contributed by atoms with E-state index in [1.807, 2.05) is 0 Å². The van der Waals surface area contributed by atoms with Crippen molar-refractivity contribution in [1.82, 2.24) is 0 Å². The zero-order valence-electron chi connectivity index (χ0n) is 62.1. The van der Waals surface area contributed by atoms with Crippen molar-refractivity contribution in [2.24, 2.45) is 17.8 Å². The quantitative estimate of drug-likeness (QED) is 0.0222. The third kappa shape index (κ3) is 69.0. The molecule has 0 rings (SSSR count). The van der Waals surface area contributed by atoms with Gasteiger partial charge in [0.15, 0.2) is 12.2 Å². The first kappa shape index (κ1) is 93.1. The number of unbranched alkanes of at least 4 members (excludes halogenated alkanes) is 41. The van der Waals surface area contributed by atoms with Gasteiger partial charge in [-0.15, -0.1) is 0 Å². The normalized spacial score (nSPS) is 14.4. The van der Waals surface area contributed by atoms with E-state index in [2.05, 4.69) is 48.5 Å². The summed E-state index contributed by atoms with van der Waals surface area (Å²) in [6.07, 6.45) is 52.9. The van der Waals surface area contributed by atoms with Crippen molar-refractivity contribution in [3.63, 3.8) is 0 Å². The minimum atomic E-state index is -4.96. The van der Waals surface area contributed by atoms with Gasteiger partial charge >= 0.3 is 39.5 Å². The average Bonchev–Trinajstić information content (AvgIpc) is 1.79. The molecule has 564 valence electrons. The summed E-state index contributed by atoms with van der Waals surface area (Å²) in [5.74, 6) is 0.115. The van der Waals surface area contributed by atoms with Crippen LogP contribution in [0.15, 0.2) is 0 Å². The van der Waals surface area contributed by atoms with Crippen molar-refractivity contribution in [1.29, 1.82) is 0 Å². The molecule has 0 aliphatic rings. The molecule has 17 nitrogen and oxygen atoms in total. The smallest absolute Gasteiger partial charge is 0.462 e. The van der Waals surface area contributed by atoms with Crippen molar-refractivity contribution in [3.05, 3.63) is 0 Å². The Bertz CT molecular complexity index is 1850. The first-order chi connectivity index (χ1) is 45.8. The van der Waals surface area contributed by atoms with Crippen LogP contribution in [0.1, 0.15) is 389 Å². The molecule has 0 bridgehead atoms. The van der Waals surface area contributed by atoms with E-state index in [0.29, 0.717) is 31.6 Å². The van der Waals surface area contributed by atoms with Crippen molar-refractivity contribution in [3.8, 4) is 0 Å². The number of hydrogen-bond donors (Lipinski definition) is 3. The molecule has 0 spiro atoms. The van der Waals surface area contributed by atoms with E-state index in [9.17, 15) is 43.2 Å². The lowest BCUT2D eigenvalue weighted by Gasteiger charge is -2.21. The fourth-order valence-corrected chi connectivity index (χ4v) is 13.1. The van der Waals surface area contributed by atoms with Crippen LogP contribution in [0.5, 0.6) is 0 Å². The largest absolute Gasteiger partial charge is 0.472 e. The number of esters is 4. The minimum Gasteiger partial charge on any atom is -0.462 e. The fourth-order valence-electron chi connectivity index (χ4n) is 11.6. The van der Waals surface area contributed by atoms with Gasteiger partial charge in [0.05, 0.1) is 26.4 Å². The maximum absolute atomic E-state index is 13.1. The molecule has 0 saturated heterocycles. The summed E-state index contributed by atoms with van der Waals surface area (Å²) in [4.78, 5) is 72.8. The highest BCUT2D eigenvalue weighted by Gasteiger charge is 2.30. The summed E-state index contributed by atoms with van der Waals surface area (Å²) >= 11 is 0. The van der Waals surface area contributed by atoms with E-state index in [1.165, 1.54) is 193 Å². The number of carbonyl (C=O) groups excluding carboxylic acids is 4. The molecule has 19 heteroatoms. The van der Waals surface area contributed by atoms with Gasteiger partial charge in [0.1, 0.15) is 19.3 Å². The van der Waals surface area contributed by atoms with E-state index < -0.39 is 97.5 Å². The van der Waals surface area contributed by atoms with Crippen LogP contribution < -0.4 is 0 Å². The molecule has 0 aliphatic carbocycles. The van der Waals surface area contributed by atoms with Crippen LogP contribution in [0.2, 0.25) is 0 Å². The molecule has 0 aromatic heterocycles. The number of ether oxygens (including phenoxy) is 4. The van der Waals surface area contributed by atoms with Gasteiger partial charge in [0.25, 0.3) is 0 Å². The highest BCUT2D eigenvalue weighted by Crippen LogP contribution is 2.45. The van der Waals surface area contributed by atoms with E-state index in [0.717, 1.165) is 108 Å². The van der Waals surface area contributed by atoms with Gasteiger partial charge in [0, 0.05) is 25.7 Å². The molecule has 3 N–H and O–H groups in total. The van der Waals surface area contributed by atoms with E-state index in [1.54, 1.807) is 0 Å². The average molecular weight is 1400 g/mol. The van der Waals surface area contributed by atoms with Crippen LogP contribution in [0.25, 0.3) is 0 Å². The van der Waals surface area contributed by atoms with Gasteiger partial charge in [-0.1, -0.05) is 337 Å². The second-order valence-corrected chi connectivity index (χ2v) is 31.5. The molecule has 0 aliphatic heterocycles. The molecule has 6 atom stereocenters. The van der Waals surface area contributed by atoms with Gasteiger partial charge in [-0.3, -0.25) is 37.3 Å². The molecule has 3 unspecified atom stereocenters. The Morgan fingerprint density at radius 2 is 0.537 bits per heavy atom. The Balaban J connectivity index is 5.22. The van der Waals surface area contributed by atoms with Gasteiger partial charge in [0.2, 0.25) is 0 Å². The number of aliphatic hydroxyl groups excluding tert-OH is 1. The van der Waals surface area contributed by atoms with Crippen LogP contribution in [0.3, 0.4) is 0 Å². The van der Waals surface area contributed by atoms with Crippen LogP contribution in [0.4, 0.5) is 0 Å². The van der Waals surface area contributed by atoms with Gasteiger partial charge in [-0.05, 0) is 43.4 Å². The number of carbonyl (C=O) groups is 4. The van der Waals surface area contributed by atoms with E-state index in [4.69, 9.17) is 37.0 Å². The SMILES string of the molecule is CCCCCCCCCCCCCCCCCCC(=O)OC[C@H](COP(=O)(O)OC[C@@H](O)COP(=O)(O)OC[C@@H](COC(=O)CCCCCCCCC(C)CC)OC(=O)CCCCCCCCCC(C)C)OC(=O)CCCCCCCCCCCCCCCCCCC(C)C. The topological polar surface area (TPSA) is 237 Å². The predicted molar refractivity (Wildman–Crippen MR) is 386 cm³/mol. The summed E-state index contributed by atoms with van der Waals surface area (Å²) in [7, 11) is -9.91. The number of aliphatic hydroxyl groups is 1. The van der Waals surface area contributed by atoms with Crippen LogP contribution in [-0.2, 0) is 65.4 Å². The molecule has 0 radical (unpaired) electrons. The Labute approximate surface area is 581 Å². The predicted octanol–water partition coefficient (Wildman–Crippen LogP) is 22.2. The number of hydrogen-bond acceptors (Lipinski definition) is 15. The van der Waals surface area contributed by atoms with Crippen molar-refractivity contribution < 1.29 is 80.2 Å². The molecular weight excluding hydrogens is 1250 g/mol. The first-order valence-electron chi connectivity index (χ1n) is 39.4. The van der Waals surface area contributed by atoms with Crippen molar-refractivity contribution in [2.45, 2.75) is 407 Å². The summed E-state index contributed by atoms with van der Waals surface area (Å²) in [6.45, 7) is 11.8. The highest BCUT2D eigenvalue weighted by molar-refractivity contribution is 7.47. The highest BCUT2D eigenvalue weighted by atomic mass is 31.2. The Morgan fingerprint density at radius 3 is 0.800 bits per heavy atom. The number of phosphoric acid groups is 2. The third-order valence-corrected chi connectivity index (χ3v) is 19.9. The zero-order valence-corrected chi connectivity index (χ0v) is 63.9. The fraction of sp³-hybridized carbons (Fsp3) is 0.947. The van der Waals surface area contributed by atoms with Crippen molar-refractivity contribution in [2.75, 3.05) is 39.6 Å². The lowest BCUT2D eigenvalue weighted by Crippen LogP contribution is -2.30. The first-order valence-corrected chi connectivity index (χ1v) is 42.4. The lowest BCUT2D eigenvalue weighted by molar-refractivity contribution is -0.161. The molecular formula is C76H148O17P2. The molecule has 0 aromatic carbocycles. The Morgan fingerprint density at radius 1 is 0.305 bits per heavy atom. The lowest BCUT2D eigenvalue weighted by atomic mass is 10.00. The molecule has 0 heterocycles. The van der Waals surface area contributed by atoms with Crippen LogP contribution >= 0.6 is 15.6 Å².